The predicted octanol–water partition coefficient (Wildman–Crippen LogP) is 4.61. The molecule has 0 bridgehead atoms. The molecule has 3 N–H and O–H groups in total. The third-order valence-corrected chi connectivity index (χ3v) is 4.00. The smallest absolute Gasteiger partial charge is 0.275 e. The van der Waals surface area contributed by atoms with Crippen molar-refractivity contribution in [2.24, 2.45) is 5.10 Å². The molecular weight excluding hydrogens is 364 g/mol. The van der Waals surface area contributed by atoms with Crippen molar-refractivity contribution in [1.82, 2.24) is 5.43 Å². The van der Waals surface area contributed by atoms with Crippen molar-refractivity contribution in [1.29, 1.82) is 0 Å². The molecule has 0 heterocycles. The van der Waals surface area contributed by atoms with Crippen molar-refractivity contribution in [3.63, 3.8) is 0 Å². The quantitative estimate of drug-likeness (QED) is 0.429. The van der Waals surface area contributed by atoms with E-state index >= 15 is 0 Å². The second-order valence-corrected chi connectivity index (χ2v) is 6.17. The van der Waals surface area contributed by atoms with Gasteiger partial charge in [0.2, 0.25) is 0 Å². The second-order valence-electron chi connectivity index (χ2n) is 6.17. The number of carbonyl (C=O) groups excluding carboxylic acids is 1. The lowest BCUT2D eigenvalue weighted by molar-refractivity contribution is 0.0952. The van der Waals surface area contributed by atoms with Crippen LogP contribution in [0.15, 0.2) is 96.1 Å². The number of hydrogen-bond donors (Lipinski definition) is 3. The molecule has 0 saturated heterocycles. The van der Waals surface area contributed by atoms with Crippen molar-refractivity contribution in [3.8, 4) is 11.5 Å². The van der Waals surface area contributed by atoms with Crippen LogP contribution in [0.3, 0.4) is 0 Å². The molecule has 0 radical (unpaired) electrons. The molecule has 0 aromatic heterocycles. The summed E-state index contributed by atoms with van der Waals surface area (Å²) in [6, 6.07) is 23.2. The van der Waals surface area contributed by atoms with Crippen LogP contribution in [0.25, 0.3) is 12.2 Å². The minimum absolute atomic E-state index is 0.0185. The van der Waals surface area contributed by atoms with E-state index in [0.717, 1.165) is 17.2 Å². The fourth-order valence-electron chi connectivity index (χ4n) is 2.51. The van der Waals surface area contributed by atoms with E-state index in [1.54, 1.807) is 12.2 Å². The summed E-state index contributed by atoms with van der Waals surface area (Å²) in [4.78, 5) is 12.3. The molecule has 3 aromatic carbocycles. The van der Waals surface area contributed by atoms with Gasteiger partial charge in [-0.1, -0.05) is 72.8 Å². The van der Waals surface area contributed by atoms with E-state index in [9.17, 15) is 15.0 Å². The summed E-state index contributed by atoms with van der Waals surface area (Å²) in [7, 11) is 0. The van der Waals surface area contributed by atoms with Crippen LogP contribution >= 0.6 is 0 Å². The van der Waals surface area contributed by atoms with Crippen LogP contribution in [0.4, 0.5) is 0 Å². The van der Waals surface area contributed by atoms with Crippen LogP contribution in [0.2, 0.25) is 0 Å². The number of benzene rings is 3. The zero-order chi connectivity index (χ0) is 20.5. The molecule has 0 atom stereocenters. The number of hydrogen-bond acceptors (Lipinski definition) is 4. The molecule has 144 valence electrons. The van der Waals surface area contributed by atoms with Gasteiger partial charge in [0.15, 0.2) is 0 Å². The number of nitrogens with one attached hydrogen (secondary N) is 1. The Morgan fingerprint density at radius 3 is 1.86 bits per heavy atom. The van der Waals surface area contributed by atoms with Crippen molar-refractivity contribution in [2.45, 2.75) is 0 Å². The Bertz CT molecular complexity index is 1000. The van der Waals surface area contributed by atoms with Gasteiger partial charge in [-0.05, 0) is 35.4 Å². The number of allylic oxidation sites excluding steroid dienone is 2. The van der Waals surface area contributed by atoms with Gasteiger partial charge < -0.3 is 10.2 Å². The first-order valence-corrected chi connectivity index (χ1v) is 8.98. The van der Waals surface area contributed by atoms with Crippen LogP contribution in [-0.2, 0) is 0 Å². The van der Waals surface area contributed by atoms with Crippen LogP contribution < -0.4 is 5.43 Å². The van der Waals surface area contributed by atoms with Gasteiger partial charge in [-0.15, -0.1) is 0 Å². The van der Waals surface area contributed by atoms with Crippen molar-refractivity contribution >= 4 is 23.8 Å². The second kappa shape index (κ2) is 9.71. The summed E-state index contributed by atoms with van der Waals surface area (Å²) in [5.41, 5.74) is 4.97. The highest BCUT2D eigenvalue weighted by molar-refractivity contribution is 6.09. The Labute approximate surface area is 169 Å². The van der Waals surface area contributed by atoms with Crippen LogP contribution in [0, 0.1) is 0 Å². The molecule has 5 heteroatoms. The fraction of sp³-hybridized carbons (Fsp3) is 0. The number of carbonyl (C=O) groups is 1. The van der Waals surface area contributed by atoms with Crippen LogP contribution in [-0.4, -0.2) is 21.8 Å². The van der Waals surface area contributed by atoms with Crippen LogP contribution in [0.1, 0.15) is 21.5 Å². The van der Waals surface area contributed by atoms with Gasteiger partial charge in [-0.25, -0.2) is 5.43 Å². The number of amides is 1. The summed E-state index contributed by atoms with van der Waals surface area (Å²) in [5, 5.41) is 23.4. The Balaban J connectivity index is 1.82. The molecule has 0 fully saturated rings. The number of phenols is 2. The lowest BCUT2D eigenvalue weighted by Gasteiger charge is -2.04. The van der Waals surface area contributed by atoms with E-state index in [2.05, 4.69) is 10.5 Å². The van der Waals surface area contributed by atoms with E-state index in [0.29, 0.717) is 5.71 Å². The maximum atomic E-state index is 12.3. The van der Waals surface area contributed by atoms with Gasteiger partial charge in [0.1, 0.15) is 11.5 Å². The average Bonchev–Trinajstić information content (AvgIpc) is 2.74. The monoisotopic (exact) mass is 384 g/mol. The summed E-state index contributed by atoms with van der Waals surface area (Å²) in [6.07, 6.45) is 7.34. The van der Waals surface area contributed by atoms with Gasteiger partial charge in [0, 0.05) is 6.07 Å². The number of nitrogens with zero attached hydrogens (tertiary/aromatic N) is 1. The number of phenolic OH excluding ortho intramolecular Hbond substituents is 2. The molecule has 0 unspecified atom stereocenters. The fourth-order valence-corrected chi connectivity index (χ4v) is 2.51. The molecule has 0 aliphatic rings. The first-order chi connectivity index (χ1) is 14.1. The van der Waals surface area contributed by atoms with E-state index in [1.165, 1.54) is 12.1 Å². The summed E-state index contributed by atoms with van der Waals surface area (Å²) < 4.78 is 0. The van der Waals surface area contributed by atoms with E-state index in [1.807, 2.05) is 72.8 Å². The van der Waals surface area contributed by atoms with Gasteiger partial charge in [0.05, 0.1) is 11.3 Å². The molecule has 0 aliphatic carbocycles. The van der Waals surface area contributed by atoms with Crippen molar-refractivity contribution in [2.75, 3.05) is 0 Å². The summed E-state index contributed by atoms with van der Waals surface area (Å²) >= 11 is 0. The normalized spacial score (nSPS) is 10.9. The molecule has 5 nitrogen and oxygen atoms in total. The van der Waals surface area contributed by atoms with Crippen LogP contribution in [0.5, 0.6) is 11.5 Å². The Morgan fingerprint density at radius 1 is 0.793 bits per heavy atom. The van der Waals surface area contributed by atoms with E-state index in [-0.39, 0.29) is 17.1 Å². The first kappa shape index (κ1) is 19.6. The van der Waals surface area contributed by atoms with Gasteiger partial charge in [0.25, 0.3) is 5.91 Å². The molecular formula is C24H20N2O3. The molecule has 3 rings (SSSR count). The van der Waals surface area contributed by atoms with E-state index < -0.39 is 5.91 Å². The van der Waals surface area contributed by atoms with Crippen molar-refractivity contribution < 1.29 is 15.0 Å². The zero-order valence-electron chi connectivity index (χ0n) is 15.6. The molecule has 0 spiro atoms. The Hall–Kier alpha value is -4.12. The molecule has 0 saturated carbocycles. The number of aromatic hydroxyl groups is 2. The summed E-state index contributed by atoms with van der Waals surface area (Å²) in [6.45, 7) is 0. The Kier molecular flexibility index (Phi) is 6.58. The molecule has 0 aliphatic heterocycles. The molecule has 1 amide bonds. The largest absolute Gasteiger partial charge is 0.508 e. The predicted molar refractivity (Wildman–Crippen MR) is 116 cm³/mol. The van der Waals surface area contributed by atoms with E-state index in [4.69, 9.17) is 0 Å². The van der Waals surface area contributed by atoms with Crippen molar-refractivity contribution in [3.05, 3.63) is 108 Å². The third kappa shape index (κ3) is 5.94. The maximum absolute atomic E-state index is 12.3. The first-order valence-electron chi connectivity index (χ1n) is 8.98. The Morgan fingerprint density at radius 2 is 1.34 bits per heavy atom. The minimum atomic E-state index is -0.582. The molecule has 3 aromatic rings. The summed E-state index contributed by atoms with van der Waals surface area (Å²) in [5.74, 6) is -1.03. The number of rotatable bonds is 6. The average molecular weight is 384 g/mol. The number of hydrazone groups is 1. The van der Waals surface area contributed by atoms with Gasteiger partial charge in [-0.2, -0.15) is 5.10 Å². The zero-order valence-corrected chi connectivity index (χ0v) is 15.6. The lowest BCUT2D eigenvalue weighted by Crippen LogP contribution is -2.19. The third-order valence-electron chi connectivity index (χ3n) is 4.00. The maximum Gasteiger partial charge on any atom is 0.275 e. The highest BCUT2D eigenvalue weighted by atomic mass is 16.3. The topological polar surface area (TPSA) is 81.9 Å². The van der Waals surface area contributed by atoms with Gasteiger partial charge >= 0.3 is 0 Å². The highest BCUT2D eigenvalue weighted by Gasteiger charge is 2.10. The lowest BCUT2D eigenvalue weighted by atomic mass is 10.1. The SMILES string of the molecule is O=C(NN=C(C=Cc1ccccc1)C=Cc1ccccc1)c1ccc(O)cc1O. The minimum Gasteiger partial charge on any atom is -0.508 e. The van der Waals surface area contributed by atoms with Gasteiger partial charge in [-0.3, -0.25) is 4.79 Å². The molecule has 29 heavy (non-hydrogen) atoms. The standard InChI is InChI=1S/C24H20N2O3/c27-21-15-16-22(23(28)17-21)24(29)26-25-20(13-11-18-7-3-1-4-8-18)14-12-19-9-5-2-6-10-19/h1-17,27-28H,(H,26,29). The highest BCUT2D eigenvalue weighted by Crippen LogP contribution is 2.22.